The first kappa shape index (κ1) is 14.1. The van der Waals surface area contributed by atoms with Crippen LogP contribution in [0.15, 0.2) is 24.3 Å². The molecule has 0 aliphatic heterocycles. The number of sulfone groups is 1. The van der Waals surface area contributed by atoms with Gasteiger partial charge < -0.3 is 5.73 Å². The van der Waals surface area contributed by atoms with Gasteiger partial charge in [-0.1, -0.05) is 12.1 Å². The highest BCUT2D eigenvalue weighted by atomic mass is 32.2. The van der Waals surface area contributed by atoms with E-state index in [1.807, 2.05) is 0 Å². The second-order valence-corrected chi connectivity index (χ2v) is 7.41. The summed E-state index contributed by atoms with van der Waals surface area (Å²) in [7, 11) is -3.25. The molecule has 0 heterocycles. The Morgan fingerprint density at radius 1 is 1.41 bits per heavy atom. The Balaban J connectivity index is 2.90. The molecule has 2 N–H and O–H groups in total. The fraction of sp³-hybridized carbons (Fsp3) is 0.500. The molecule has 0 aliphatic carbocycles. The predicted octanol–water partition coefficient (Wildman–Crippen LogP) is 1.52. The average Bonchev–Trinajstić information content (AvgIpc) is 2.15. The van der Waals surface area contributed by atoms with E-state index >= 15 is 0 Å². The van der Waals surface area contributed by atoms with Crippen LogP contribution in [0.25, 0.3) is 0 Å². The molecule has 1 unspecified atom stereocenters. The van der Waals surface area contributed by atoms with Crippen molar-refractivity contribution in [3.8, 4) is 0 Å². The van der Waals surface area contributed by atoms with Crippen molar-refractivity contribution in [2.24, 2.45) is 5.73 Å². The maximum absolute atomic E-state index is 13.0. The normalized spacial score (nSPS) is 14.6. The van der Waals surface area contributed by atoms with Gasteiger partial charge in [0.25, 0.3) is 0 Å². The zero-order valence-electron chi connectivity index (χ0n) is 10.3. The number of rotatable bonds is 4. The topological polar surface area (TPSA) is 60.2 Å². The van der Waals surface area contributed by atoms with Gasteiger partial charge in [-0.05, 0) is 38.0 Å². The first-order valence-corrected chi connectivity index (χ1v) is 7.23. The number of hydrogen-bond acceptors (Lipinski definition) is 3. The predicted molar refractivity (Wildman–Crippen MR) is 67.0 cm³/mol. The lowest BCUT2D eigenvalue weighted by molar-refractivity contribution is 0.481. The smallest absolute Gasteiger partial charge is 0.154 e. The Kier molecular flexibility index (Phi) is 3.94. The summed E-state index contributed by atoms with van der Waals surface area (Å²) in [6, 6.07) is 5.47. The quantitative estimate of drug-likeness (QED) is 0.891. The molecular weight excluding hydrogens is 241 g/mol. The van der Waals surface area contributed by atoms with Crippen LogP contribution in [0.2, 0.25) is 0 Å². The van der Waals surface area contributed by atoms with Gasteiger partial charge in [-0.25, -0.2) is 12.8 Å². The Bertz CT molecular complexity index is 497. The van der Waals surface area contributed by atoms with E-state index in [1.165, 1.54) is 18.4 Å². The first-order chi connectivity index (χ1) is 7.64. The molecule has 5 heteroatoms. The van der Waals surface area contributed by atoms with Crippen LogP contribution in [-0.4, -0.2) is 25.5 Å². The van der Waals surface area contributed by atoms with Gasteiger partial charge in [0.05, 0.1) is 4.75 Å². The second-order valence-electron chi connectivity index (χ2n) is 4.82. The Morgan fingerprint density at radius 3 is 2.47 bits per heavy atom. The van der Waals surface area contributed by atoms with E-state index in [0.717, 1.165) is 0 Å². The van der Waals surface area contributed by atoms with Crippen molar-refractivity contribution < 1.29 is 12.8 Å². The van der Waals surface area contributed by atoms with Crippen LogP contribution in [0, 0.1) is 5.82 Å². The highest BCUT2D eigenvalue weighted by Crippen LogP contribution is 2.21. The molecule has 1 atom stereocenters. The van der Waals surface area contributed by atoms with E-state index in [4.69, 9.17) is 5.73 Å². The number of hydrogen-bond donors (Lipinski definition) is 1. The molecule has 0 aliphatic rings. The third kappa shape index (κ3) is 3.26. The summed E-state index contributed by atoms with van der Waals surface area (Å²) in [4.78, 5) is 0. The molecule has 0 fully saturated rings. The van der Waals surface area contributed by atoms with Crippen LogP contribution in [0.5, 0.6) is 0 Å². The second kappa shape index (κ2) is 4.74. The lowest BCUT2D eigenvalue weighted by Crippen LogP contribution is -2.49. The fourth-order valence-corrected chi connectivity index (χ4v) is 2.07. The molecule has 96 valence electrons. The Hall–Kier alpha value is -0.940. The molecular formula is C12H18FNO2S. The summed E-state index contributed by atoms with van der Waals surface area (Å²) in [6.45, 7) is 3.18. The van der Waals surface area contributed by atoms with Gasteiger partial charge in [0.15, 0.2) is 9.84 Å². The molecule has 0 amide bonds. The molecule has 17 heavy (non-hydrogen) atoms. The minimum absolute atomic E-state index is 0.331. The van der Waals surface area contributed by atoms with E-state index in [9.17, 15) is 12.8 Å². The van der Waals surface area contributed by atoms with Crippen molar-refractivity contribution >= 4 is 9.84 Å². The number of nitrogens with two attached hydrogens (primary N) is 1. The summed E-state index contributed by atoms with van der Waals surface area (Å²) in [5.41, 5.74) is 6.62. The molecule has 1 aromatic carbocycles. The zero-order valence-corrected chi connectivity index (χ0v) is 11.1. The molecule has 0 bridgehead atoms. The van der Waals surface area contributed by atoms with E-state index in [1.54, 1.807) is 26.0 Å². The monoisotopic (exact) mass is 259 g/mol. The molecule has 0 saturated heterocycles. The zero-order chi connectivity index (χ0) is 13.3. The van der Waals surface area contributed by atoms with Gasteiger partial charge in [-0.2, -0.15) is 0 Å². The minimum atomic E-state index is -3.25. The van der Waals surface area contributed by atoms with Gasteiger partial charge in [0, 0.05) is 12.3 Å². The van der Waals surface area contributed by atoms with Gasteiger partial charge in [-0.15, -0.1) is 0 Å². The van der Waals surface area contributed by atoms with Crippen LogP contribution in [0.1, 0.15) is 19.4 Å². The molecule has 0 saturated carbocycles. The molecule has 0 spiro atoms. The standard InChI is InChI=1S/C12H18FNO2S/c1-12(2,17(3,15)16)11(14)8-9-5-4-6-10(13)7-9/h4-7,11H,8,14H2,1-3H3. The van der Waals surface area contributed by atoms with Gasteiger partial charge in [-0.3, -0.25) is 0 Å². The summed E-state index contributed by atoms with van der Waals surface area (Å²) >= 11 is 0. The molecule has 1 rings (SSSR count). The van der Waals surface area contributed by atoms with E-state index < -0.39 is 20.6 Å². The lowest BCUT2D eigenvalue weighted by atomic mass is 9.96. The summed E-state index contributed by atoms with van der Waals surface area (Å²) < 4.78 is 35.2. The summed E-state index contributed by atoms with van der Waals surface area (Å²) in [5, 5.41) is 0. The number of benzene rings is 1. The van der Waals surface area contributed by atoms with Crippen molar-refractivity contribution in [3.63, 3.8) is 0 Å². The maximum atomic E-state index is 13.0. The third-order valence-electron chi connectivity index (χ3n) is 3.19. The highest BCUT2D eigenvalue weighted by Gasteiger charge is 2.36. The minimum Gasteiger partial charge on any atom is -0.326 e. The Labute approximate surface area is 102 Å². The van der Waals surface area contributed by atoms with Crippen molar-refractivity contribution in [3.05, 3.63) is 35.6 Å². The lowest BCUT2D eigenvalue weighted by Gasteiger charge is -2.29. The third-order valence-corrected chi connectivity index (χ3v) is 5.41. The van der Waals surface area contributed by atoms with Gasteiger partial charge in [0.2, 0.25) is 0 Å². The molecule has 3 nitrogen and oxygen atoms in total. The van der Waals surface area contributed by atoms with Crippen LogP contribution < -0.4 is 5.73 Å². The van der Waals surface area contributed by atoms with Crippen LogP contribution in [-0.2, 0) is 16.3 Å². The van der Waals surface area contributed by atoms with Crippen molar-refractivity contribution in [1.29, 1.82) is 0 Å². The van der Waals surface area contributed by atoms with Crippen LogP contribution in [0.3, 0.4) is 0 Å². The number of halogens is 1. The van der Waals surface area contributed by atoms with Crippen LogP contribution >= 0.6 is 0 Å². The van der Waals surface area contributed by atoms with E-state index in [2.05, 4.69) is 0 Å². The van der Waals surface area contributed by atoms with Crippen molar-refractivity contribution in [2.45, 2.75) is 31.1 Å². The van der Waals surface area contributed by atoms with Gasteiger partial charge in [0.1, 0.15) is 5.82 Å². The molecule has 0 radical (unpaired) electrons. The molecule has 1 aromatic rings. The Morgan fingerprint density at radius 2 is 2.00 bits per heavy atom. The van der Waals surface area contributed by atoms with Crippen molar-refractivity contribution in [2.75, 3.05) is 6.26 Å². The van der Waals surface area contributed by atoms with E-state index in [0.29, 0.717) is 12.0 Å². The fourth-order valence-electron chi connectivity index (χ4n) is 1.44. The maximum Gasteiger partial charge on any atom is 0.154 e. The summed E-state index contributed by atoms with van der Waals surface area (Å²) in [5.74, 6) is -0.341. The average molecular weight is 259 g/mol. The van der Waals surface area contributed by atoms with E-state index in [-0.39, 0.29) is 5.82 Å². The van der Waals surface area contributed by atoms with Crippen LogP contribution in [0.4, 0.5) is 4.39 Å². The highest BCUT2D eigenvalue weighted by molar-refractivity contribution is 7.92. The first-order valence-electron chi connectivity index (χ1n) is 5.34. The van der Waals surface area contributed by atoms with Gasteiger partial charge >= 0.3 is 0 Å². The summed E-state index contributed by atoms with van der Waals surface area (Å²) in [6.07, 6.45) is 1.50. The van der Waals surface area contributed by atoms with Crippen molar-refractivity contribution in [1.82, 2.24) is 0 Å². The SMILES string of the molecule is CC(C)(C(N)Cc1cccc(F)c1)S(C)(=O)=O. The largest absolute Gasteiger partial charge is 0.326 e. The molecule has 0 aromatic heterocycles.